The van der Waals surface area contributed by atoms with Gasteiger partial charge >= 0.3 is 0 Å². The van der Waals surface area contributed by atoms with Crippen molar-refractivity contribution in [1.82, 2.24) is 25.2 Å². The molecular weight excluding hydrogens is 432 g/mol. The van der Waals surface area contributed by atoms with Gasteiger partial charge in [0.05, 0.1) is 35.6 Å². The standard InChI is InChI=1S/C25H28N6O3/c1-32-24-3-2-21-25(30-24)20(17(13-26)14-29-21)6-9-31-7-4-18(5-8-31)27-15-19-12-22-23(16-28-19)34-11-10-33-22/h2-3,12,14,16,18,27H,4-11,15H2,1H3. The summed E-state index contributed by atoms with van der Waals surface area (Å²) in [6.07, 6.45) is 6.28. The van der Waals surface area contributed by atoms with Gasteiger partial charge in [0, 0.05) is 43.0 Å². The molecule has 0 saturated carbocycles. The van der Waals surface area contributed by atoms with Crippen molar-refractivity contribution in [1.29, 1.82) is 5.26 Å². The molecule has 5 heterocycles. The lowest BCUT2D eigenvalue weighted by Gasteiger charge is -2.32. The topological polar surface area (TPSA) is 105 Å². The smallest absolute Gasteiger partial charge is 0.213 e. The second-order valence-electron chi connectivity index (χ2n) is 8.55. The first-order chi connectivity index (χ1) is 16.7. The number of rotatable bonds is 7. The molecule has 1 N–H and O–H groups in total. The molecule has 0 spiro atoms. The molecule has 0 unspecified atom stereocenters. The summed E-state index contributed by atoms with van der Waals surface area (Å²) in [5.41, 5.74) is 4.02. The molecular formula is C25H28N6O3. The fourth-order valence-corrected chi connectivity index (χ4v) is 4.53. The SMILES string of the molecule is COc1ccc2ncc(C#N)c(CCN3CCC(NCc4cc5c(cn4)OCCO5)CC3)c2n1. The van der Waals surface area contributed by atoms with E-state index in [1.165, 1.54) is 0 Å². The monoisotopic (exact) mass is 460 g/mol. The van der Waals surface area contributed by atoms with E-state index in [1.54, 1.807) is 25.6 Å². The summed E-state index contributed by atoms with van der Waals surface area (Å²) < 4.78 is 16.5. The van der Waals surface area contributed by atoms with Crippen LogP contribution in [0.4, 0.5) is 0 Å². The van der Waals surface area contributed by atoms with E-state index in [0.717, 1.165) is 72.7 Å². The van der Waals surface area contributed by atoms with Gasteiger partial charge in [0.15, 0.2) is 11.5 Å². The van der Waals surface area contributed by atoms with Crippen molar-refractivity contribution in [2.75, 3.05) is 40.0 Å². The molecule has 34 heavy (non-hydrogen) atoms. The number of hydrogen-bond acceptors (Lipinski definition) is 9. The number of piperidine rings is 1. The minimum atomic E-state index is 0.452. The largest absolute Gasteiger partial charge is 0.486 e. The van der Waals surface area contributed by atoms with Crippen molar-refractivity contribution in [3.05, 3.63) is 47.4 Å². The number of methoxy groups -OCH3 is 1. The normalized spacial score (nSPS) is 16.4. The van der Waals surface area contributed by atoms with Crippen molar-refractivity contribution in [3.8, 4) is 23.4 Å². The van der Waals surface area contributed by atoms with E-state index >= 15 is 0 Å². The molecule has 176 valence electrons. The lowest BCUT2D eigenvalue weighted by molar-refractivity contribution is 0.170. The van der Waals surface area contributed by atoms with E-state index in [2.05, 4.69) is 31.2 Å². The molecule has 0 aliphatic carbocycles. The van der Waals surface area contributed by atoms with Crippen molar-refractivity contribution in [2.45, 2.75) is 31.8 Å². The fourth-order valence-electron chi connectivity index (χ4n) is 4.53. The van der Waals surface area contributed by atoms with Crippen LogP contribution in [-0.2, 0) is 13.0 Å². The fraction of sp³-hybridized carbons (Fsp3) is 0.440. The number of nitrogens with one attached hydrogen (secondary N) is 1. The summed E-state index contributed by atoms with van der Waals surface area (Å²) in [4.78, 5) is 15.9. The number of nitrogens with zero attached hydrogens (tertiary/aromatic N) is 5. The van der Waals surface area contributed by atoms with Crippen LogP contribution in [0.3, 0.4) is 0 Å². The maximum absolute atomic E-state index is 9.60. The van der Waals surface area contributed by atoms with Gasteiger partial charge in [0.2, 0.25) is 5.88 Å². The molecule has 1 fully saturated rings. The first-order valence-corrected chi connectivity index (χ1v) is 11.7. The average molecular weight is 461 g/mol. The summed E-state index contributed by atoms with van der Waals surface area (Å²) in [7, 11) is 1.59. The number of aromatic nitrogens is 3. The van der Waals surface area contributed by atoms with Crippen molar-refractivity contribution >= 4 is 11.0 Å². The van der Waals surface area contributed by atoms with Gasteiger partial charge in [-0.25, -0.2) is 4.98 Å². The molecule has 5 rings (SSSR count). The Morgan fingerprint density at radius 1 is 1.15 bits per heavy atom. The number of hydrogen-bond donors (Lipinski definition) is 1. The lowest BCUT2D eigenvalue weighted by Crippen LogP contribution is -2.43. The van der Waals surface area contributed by atoms with Crippen molar-refractivity contribution in [3.63, 3.8) is 0 Å². The molecule has 2 aliphatic heterocycles. The van der Waals surface area contributed by atoms with Crippen LogP contribution in [0.5, 0.6) is 17.4 Å². The van der Waals surface area contributed by atoms with E-state index in [1.807, 2.05) is 12.1 Å². The number of fused-ring (bicyclic) bond motifs is 2. The Bertz CT molecular complexity index is 1200. The zero-order valence-corrected chi connectivity index (χ0v) is 19.3. The molecule has 9 heteroatoms. The minimum absolute atomic E-state index is 0.452. The zero-order chi connectivity index (χ0) is 23.3. The molecule has 0 radical (unpaired) electrons. The average Bonchev–Trinajstić information content (AvgIpc) is 2.90. The second-order valence-corrected chi connectivity index (χ2v) is 8.55. The predicted molar refractivity (Wildman–Crippen MR) is 126 cm³/mol. The minimum Gasteiger partial charge on any atom is -0.486 e. The first kappa shape index (κ1) is 22.3. The molecule has 3 aromatic rings. The highest BCUT2D eigenvalue weighted by molar-refractivity contribution is 5.80. The molecule has 2 aliphatic rings. The summed E-state index contributed by atoms with van der Waals surface area (Å²) in [6, 6.07) is 8.38. The molecule has 0 bridgehead atoms. The van der Waals surface area contributed by atoms with Crippen molar-refractivity contribution in [2.24, 2.45) is 0 Å². The van der Waals surface area contributed by atoms with Crippen LogP contribution in [0.2, 0.25) is 0 Å². The van der Waals surface area contributed by atoms with E-state index < -0.39 is 0 Å². The summed E-state index contributed by atoms with van der Waals surface area (Å²) in [5.74, 6) is 2.03. The zero-order valence-electron chi connectivity index (χ0n) is 19.3. The Morgan fingerprint density at radius 3 is 2.76 bits per heavy atom. The van der Waals surface area contributed by atoms with Gasteiger partial charge in [0.25, 0.3) is 0 Å². The quantitative estimate of drug-likeness (QED) is 0.569. The summed E-state index contributed by atoms with van der Waals surface area (Å²) in [6.45, 7) is 4.76. The van der Waals surface area contributed by atoms with Crippen LogP contribution in [-0.4, -0.2) is 65.9 Å². The summed E-state index contributed by atoms with van der Waals surface area (Å²) in [5, 5.41) is 13.2. The van der Waals surface area contributed by atoms with E-state index in [9.17, 15) is 5.26 Å². The highest BCUT2D eigenvalue weighted by Gasteiger charge is 2.21. The van der Waals surface area contributed by atoms with Crippen LogP contribution in [0.25, 0.3) is 11.0 Å². The first-order valence-electron chi connectivity index (χ1n) is 11.7. The van der Waals surface area contributed by atoms with Gasteiger partial charge in [-0.3, -0.25) is 9.97 Å². The third kappa shape index (κ3) is 4.88. The molecule has 3 aromatic heterocycles. The summed E-state index contributed by atoms with van der Waals surface area (Å²) >= 11 is 0. The van der Waals surface area contributed by atoms with Gasteiger partial charge in [-0.15, -0.1) is 0 Å². The highest BCUT2D eigenvalue weighted by atomic mass is 16.6. The van der Waals surface area contributed by atoms with Crippen molar-refractivity contribution < 1.29 is 14.2 Å². The maximum atomic E-state index is 9.60. The van der Waals surface area contributed by atoms with Gasteiger partial charge in [-0.2, -0.15) is 5.26 Å². The van der Waals surface area contributed by atoms with E-state index in [-0.39, 0.29) is 0 Å². The van der Waals surface area contributed by atoms with Crippen LogP contribution in [0.1, 0.15) is 29.7 Å². The predicted octanol–water partition coefficient (Wildman–Crippen LogP) is 2.47. The van der Waals surface area contributed by atoms with Gasteiger partial charge < -0.3 is 24.4 Å². The van der Waals surface area contributed by atoms with Gasteiger partial charge in [-0.1, -0.05) is 0 Å². The molecule has 9 nitrogen and oxygen atoms in total. The number of nitriles is 1. The van der Waals surface area contributed by atoms with Crippen LogP contribution in [0, 0.1) is 11.3 Å². The van der Waals surface area contributed by atoms with Crippen LogP contribution in [0.15, 0.2) is 30.6 Å². The Labute approximate surface area is 198 Å². The number of likely N-dealkylation sites (tertiary alicyclic amines) is 1. The Hall–Kier alpha value is -3.48. The van der Waals surface area contributed by atoms with Crippen LogP contribution >= 0.6 is 0 Å². The number of ether oxygens (including phenoxy) is 3. The lowest BCUT2D eigenvalue weighted by atomic mass is 10.0. The van der Waals surface area contributed by atoms with E-state index in [0.29, 0.717) is 37.2 Å². The molecule has 0 amide bonds. The molecule has 0 atom stereocenters. The maximum Gasteiger partial charge on any atom is 0.213 e. The molecule has 0 aromatic carbocycles. The number of pyridine rings is 3. The van der Waals surface area contributed by atoms with Crippen LogP contribution < -0.4 is 19.5 Å². The van der Waals surface area contributed by atoms with Gasteiger partial charge in [-0.05, 0) is 38.4 Å². The van der Waals surface area contributed by atoms with E-state index in [4.69, 9.17) is 14.2 Å². The highest BCUT2D eigenvalue weighted by Crippen LogP contribution is 2.29. The third-order valence-electron chi connectivity index (χ3n) is 6.45. The Balaban J connectivity index is 1.15. The Kier molecular flexibility index (Phi) is 6.70. The third-order valence-corrected chi connectivity index (χ3v) is 6.45. The molecule has 1 saturated heterocycles. The van der Waals surface area contributed by atoms with Gasteiger partial charge in [0.1, 0.15) is 19.3 Å². The Morgan fingerprint density at radius 2 is 1.97 bits per heavy atom. The second kappa shape index (κ2) is 10.2.